The molecule has 0 unspecified atom stereocenters. The van der Waals surface area contributed by atoms with Gasteiger partial charge in [-0.05, 0) is 68.5 Å². The van der Waals surface area contributed by atoms with E-state index in [1.54, 1.807) is 52.3 Å². The monoisotopic (exact) mass is 519 g/mol. The minimum atomic E-state index is -0.622. The number of ether oxygens (including phenoxy) is 4. The van der Waals surface area contributed by atoms with Crippen molar-refractivity contribution in [3.8, 4) is 11.5 Å². The summed E-state index contributed by atoms with van der Waals surface area (Å²) in [6.45, 7) is 5.39. The van der Waals surface area contributed by atoms with Gasteiger partial charge in [0.15, 0.2) is 17.3 Å². The molecule has 0 bridgehead atoms. The van der Waals surface area contributed by atoms with Crippen LogP contribution in [0.25, 0.3) is 0 Å². The highest BCUT2D eigenvalue weighted by Gasteiger charge is 2.41. The highest BCUT2D eigenvalue weighted by Crippen LogP contribution is 2.46. The number of allylic oxidation sites excluding steroid dienone is 3. The maximum absolute atomic E-state index is 13.8. The molecular formula is C30H33NO7. The number of carbonyl (C=O) groups excluding carboxylic acids is 3. The summed E-state index contributed by atoms with van der Waals surface area (Å²) >= 11 is 0. The second-order valence-electron chi connectivity index (χ2n) is 9.70. The Hall–Kier alpha value is -4.07. The number of Topliss-reactive ketones (excluding diaryl/α,β-unsaturated/α-hetero) is 1. The maximum Gasteiger partial charge on any atom is 0.337 e. The van der Waals surface area contributed by atoms with E-state index in [-0.39, 0.29) is 24.2 Å². The maximum atomic E-state index is 13.8. The molecule has 8 nitrogen and oxygen atoms in total. The van der Waals surface area contributed by atoms with Gasteiger partial charge >= 0.3 is 11.9 Å². The molecule has 0 radical (unpaired) electrons. The molecule has 0 saturated carbocycles. The molecule has 0 amide bonds. The Morgan fingerprint density at radius 1 is 0.895 bits per heavy atom. The van der Waals surface area contributed by atoms with Gasteiger partial charge in [-0.3, -0.25) is 4.79 Å². The van der Waals surface area contributed by atoms with Crippen LogP contribution in [0.5, 0.6) is 11.5 Å². The van der Waals surface area contributed by atoms with Gasteiger partial charge in [-0.25, -0.2) is 9.59 Å². The number of benzene rings is 2. The second-order valence-corrected chi connectivity index (χ2v) is 9.70. The number of esters is 2. The fourth-order valence-corrected chi connectivity index (χ4v) is 5.19. The highest BCUT2D eigenvalue weighted by atomic mass is 16.5. The van der Waals surface area contributed by atoms with Gasteiger partial charge in [0.25, 0.3) is 0 Å². The van der Waals surface area contributed by atoms with E-state index in [2.05, 4.69) is 5.32 Å². The molecule has 38 heavy (non-hydrogen) atoms. The molecule has 8 heteroatoms. The molecule has 1 aliphatic carbocycles. The van der Waals surface area contributed by atoms with Crippen LogP contribution in [0.15, 0.2) is 65.0 Å². The van der Waals surface area contributed by atoms with Crippen molar-refractivity contribution >= 4 is 17.7 Å². The van der Waals surface area contributed by atoms with Gasteiger partial charge in [0.05, 0.1) is 38.6 Å². The van der Waals surface area contributed by atoms with Crippen LogP contribution in [0.3, 0.4) is 0 Å². The first-order chi connectivity index (χ1) is 18.2. The third-order valence-corrected chi connectivity index (χ3v) is 6.93. The number of carbonyl (C=O) groups is 3. The smallest absolute Gasteiger partial charge is 0.337 e. The largest absolute Gasteiger partial charge is 0.493 e. The summed E-state index contributed by atoms with van der Waals surface area (Å²) in [5.41, 5.74) is 4.43. The van der Waals surface area contributed by atoms with Crippen LogP contribution in [0, 0.1) is 0 Å². The van der Waals surface area contributed by atoms with Crippen LogP contribution < -0.4 is 14.8 Å². The van der Waals surface area contributed by atoms with Gasteiger partial charge in [-0.2, -0.15) is 0 Å². The number of nitrogens with one attached hydrogen (secondary N) is 1. The predicted molar refractivity (Wildman–Crippen MR) is 141 cm³/mol. The molecule has 2 atom stereocenters. The Bertz CT molecular complexity index is 1320. The molecule has 1 aliphatic heterocycles. The van der Waals surface area contributed by atoms with Gasteiger partial charge in [0.1, 0.15) is 0 Å². The van der Waals surface area contributed by atoms with E-state index < -0.39 is 17.9 Å². The molecule has 0 aromatic heterocycles. The van der Waals surface area contributed by atoms with Crippen LogP contribution in [-0.4, -0.2) is 45.2 Å². The average molecular weight is 520 g/mol. The van der Waals surface area contributed by atoms with Crippen molar-refractivity contribution in [2.45, 2.75) is 51.6 Å². The SMILES string of the molecule is COC(=O)c1ccc([C@@H]2C(C(=O)OC(C)C)=C(C)NC3=C2C(=O)C[C@H](c2ccc(OC)c(OC)c2)C3)cc1. The number of methoxy groups -OCH3 is 3. The summed E-state index contributed by atoms with van der Waals surface area (Å²) in [5, 5.41) is 3.35. The van der Waals surface area contributed by atoms with Gasteiger partial charge in [-0.15, -0.1) is 0 Å². The van der Waals surface area contributed by atoms with Crippen LogP contribution in [0.1, 0.15) is 66.9 Å². The van der Waals surface area contributed by atoms with E-state index in [1.807, 2.05) is 25.1 Å². The van der Waals surface area contributed by atoms with Crippen LogP contribution in [-0.2, 0) is 19.1 Å². The molecule has 1 N–H and O–H groups in total. The lowest BCUT2D eigenvalue weighted by atomic mass is 9.71. The van der Waals surface area contributed by atoms with Gasteiger partial charge < -0.3 is 24.3 Å². The van der Waals surface area contributed by atoms with Crippen molar-refractivity contribution in [2.24, 2.45) is 0 Å². The average Bonchev–Trinajstić information content (AvgIpc) is 2.90. The molecule has 2 aromatic carbocycles. The molecule has 2 aliphatic rings. The fourth-order valence-electron chi connectivity index (χ4n) is 5.19. The number of dihydropyridines is 1. The van der Waals surface area contributed by atoms with E-state index in [1.165, 1.54) is 7.11 Å². The predicted octanol–water partition coefficient (Wildman–Crippen LogP) is 4.80. The zero-order valence-electron chi connectivity index (χ0n) is 22.5. The van der Waals surface area contributed by atoms with Crippen LogP contribution >= 0.6 is 0 Å². The summed E-state index contributed by atoms with van der Waals surface area (Å²) < 4.78 is 21.2. The first-order valence-electron chi connectivity index (χ1n) is 12.5. The molecule has 0 spiro atoms. The summed E-state index contributed by atoms with van der Waals surface area (Å²) in [5.74, 6) is -0.462. The molecule has 0 saturated heterocycles. The van der Waals surface area contributed by atoms with Crippen molar-refractivity contribution < 1.29 is 33.3 Å². The van der Waals surface area contributed by atoms with Crippen molar-refractivity contribution in [1.29, 1.82) is 0 Å². The van der Waals surface area contributed by atoms with Crippen LogP contribution in [0.4, 0.5) is 0 Å². The second kappa shape index (κ2) is 11.1. The van der Waals surface area contributed by atoms with Gasteiger partial charge in [0.2, 0.25) is 0 Å². The first kappa shape index (κ1) is 27.0. The minimum Gasteiger partial charge on any atom is -0.493 e. The van der Waals surface area contributed by atoms with Crippen molar-refractivity contribution in [1.82, 2.24) is 5.32 Å². The lowest BCUT2D eigenvalue weighted by molar-refractivity contribution is -0.143. The fraction of sp³-hybridized carbons (Fsp3) is 0.367. The quantitative estimate of drug-likeness (QED) is 0.521. The number of rotatable bonds is 7. The molecule has 0 fully saturated rings. The summed E-state index contributed by atoms with van der Waals surface area (Å²) in [6.07, 6.45) is 0.534. The van der Waals surface area contributed by atoms with Crippen molar-refractivity contribution in [2.75, 3.05) is 21.3 Å². The molecule has 2 aromatic rings. The van der Waals surface area contributed by atoms with Gasteiger partial charge in [-0.1, -0.05) is 18.2 Å². The Morgan fingerprint density at radius 2 is 1.55 bits per heavy atom. The lowest BCUT2D eigenvalue weighted by Crippen LogP contribution is -2.36. The minimum absolute atomic E-state index is 0.0528. The van der Waals surface area contributed by atoms with E-state index in [0.29, 0.717) is 40.3 Å². The van der Waals surface area contributed by atoms with E-state index in [9.17, 15) is 14.4 Å². The summed E-state index contributed by atoms with van der Waals surface area (Å²) in [6, 6.07) is 12.5. The molecule has 4 rings (SSSR count). The van der Waals surface area contributed by atoms with E-state index >= 15 is 0 Å². The Morgan fingerprint density at radius 3 is 2.16 bits per heavy atom. The Labute approximate surface area is 222 Å². The molecule has 200 valence electrons. The number of hydrogen-bond acceptors (Lipinski definition) is 8. The van der Waals surface area contributed by atoms with Crippen LogP contribution in [0.2, 0.25) is 0 Å². The topological polar surface area (TPSA) is 100 Å². The lowest BCUT2D eigenvalue weighted by Gasteiger charge is -2.37. The number of hydrogen-bond donors (Lipinski definition) is 1. The van der Waals surface area contributed by atoms with Crippen molar-refractivity contribution in [3.05, 3.63) is 81.7 Å². The third-order valence-electron chi connectivity index (χ3n) is 6.93. The summed E-state index contributed by atoms with van der Waals surface area (Å²) in [4.78, 5) is 39.0. The molecule has 1 heterocycles. The highest BCUT2D eigenvalue weighted by molar-refractivity contribution is 6.04. The zero-order valence-corrected chi connectivity index (χ0v) is 22.5. The Balaban J connectivity index is 1.77. The third kappa shape index (κ3) is 5.16. The first-order valence-corrected chi connectivity index (χ1v) is 12.5. The standard InChI is InChI=1S/C30H33NO7/c1-16(2)38-30(34)26-17(3)31-22-13-21(20-11-12-24(35-4)25(15-20)36-5)14-23(32)28(22)27(26)18-7-9-19(10-8-18)29(33)37-6/h7-12,15-16,21,27,31H,13-14H2,1-6H3/t21-,27-/m1/s1. The zero-order chi connectivity index (χ0) is 27.6. The van der Waals surface area contributed by atoms with Gasteiger partial charge in [0, 0.05) is 29.3 Å². The van der Waals surface area contributed by atoms with E-state index in [4.69, 9.17) is 18.9 Å². The summed E-state index contributed by atoms with van der Waals surface area (Å²) in [7, 11) is 4.49. The van der Waals surface area contributed by atoms with Crippen molar-refractivity contribution in [3.63, 3.8) is 0 Å². The Kier molecular flexibility index (Phi) is 7.90. The molecular weight excluding hydrogens is 486 g/mol. The van der Waals surface area contributed by atoms with E-state index in [0.717, 1.165) is 16.8 Å². The normalized spacial score (nSPS) is 19.1. The number of ketones is 1.